The highest BCUT2D eigenvalue weighted by atomic mass is 32.2. The maximum Gasteiger partial charge on any atom is 0.416 e. The molecule has 0 fully saturated rings. The van der Waals surface area contributed by atoms with Crippen molar-refractivity contribution in [1.29, 1.82) is 5.26 Å². The molecule has 0 saturated heterocycles. The molecule has 9 heteroatoms. The summed E-state index contributed by atoms with van der Waals surface area (Å²) in [5, 5.41) is 9.58. The number of benzene rings is 3. The van der Waals surface area contributed by atoms with Crippen molar-refractivity contribution < 1.29 is 26.3 Å². The van der Waals surface area contributed by atoms with Gasteiger partial charge in [0.1, 0.15) is 6.07 Å². The SMILES string of the molecule is N#Cc1c(Sc2ccc(C(F)(F)F)cc2)cccc1Sc1ccc(C(F)(F)F)cc1. The number of hydrogen-bond acceptors (Lipinski definition) is 3. The summed E-state index contributed by atoms with van der Waals surface area (Å²) in [6.45, 7) is 0. The van der Waals surface area contributed by atoms with Crippen LogP contribution in [0.15, 0.2) is 86.3 Å². The van der Waals surface area contributed by atoms with Gasteiger partial charge in [0.15, 0.2) is 0 Å². The Morgan fingerprint density at radius 3 is 1.27 bits per heavy atom. The molecule has 3 aromatic carbocycles. The molecule has 154 valence electrons. The average molecular weight is 455 g/mol. The maximum atomic E-state index is 12.7. The molecule has 0 amide bonds. The Kier molecular flexibility index (Phi) is 6.38. The van der Waals surface area contributed by atoms with Gasteiger partial charge in [-0.05, 0) is 60.7 Å². The lowest BCUT2D eigenvalue weighted by atomic mass is 10.2. The molecule has 0 aliphatic rings. The minimum Gasteiger partial charge on any atom is -0.192 e. The first-order chi connectivity index (χ1) is 14.1. The first-order valence-electron chi connectivity index (χ1n) is 8.31. The third-order valence-corrected chi connectivity index (χ3v) is 6.05. The van der Waals surface area contributed by atoms with Crippen LogP contribution in [-0.4, -0.2) is 0 Å². The van der Waals surface area contributed by atoms with E-state index in [1.54, 1.807) is 18.2 Å². The molecule has 0 aliphatic carbocycles. The second kappa shape index (κ2) is 8.66. The molecule has 1 nitrogen and oxygen atoms in total. The van der Waals surface area contributed by atoms with E-state index in [0.29, 0.717) is 25.1 Å². The maximum absolute atomic E-state index is 12.7. The van der Waals surface area contributed by atoms with Crippen LogP contribution in [0.25, 0.3) is 0 Å². The summed E-state index contributed by atoms with van der Waals surface area (Å²) in [7, 11) is 0. The Bertz CT molecular complexity index is 987. The van der Waals surface area contributed by atoms with E-state index in [1.807, 2.05) is 0 Å². The van der Waals surface area contributed by atoms with Crippen LogP contribution in [0.2, 0.25) is 0 Å². The van der Waals surface area contributed by atoms with Crippen LogP contribution < -0.4 is 0 Å². The molecule has 0 radical (unpaired) electrons. The fourth-order valence-electron chi connectivity index (χ4n) is 2.47. The number of rotatable bonds is 4. The third-order valence-electron chi connectivity index (χ3n) is 3.92. The van der Waals surface area contributed by atoms with Gasteiger partial charge in [-0.1, -0.05) is 29.6 Å². The van der Waals surface area contributed by atoms with E-state index in [0.717, 1.165) is 47.8 Å². The van der Waals surface area contributed by atoms with E-state index in [2.05, 4.69) is 6.07 Å². The molecule has 0 saturated carbocycles. The van der Waals surface area contributed by atoms with Crippen LogP contribution in [0.1, 0.15) is 16.7 Å². The van der Waals surface area contributed by atoms with Crippen LogP contribution in [0.4, 0.5) is 26.3 Å². The molecule has 0 atom stereocenters. The Labute approximate surface area is 176 Å². The van der Waals surface area contributed by atoms with Crippen LogP contribution in [0.5, 0.6) is 0 Å². The number of alkyl halides is 6. The molecule has 0 N–H and O–H groups in total. The fourth-order valence-corrected chi connectivity index (χ4v) is 4.39. The number of nitriles is 1. The molecule has 3 aromatic rings. The predicted molar refractivity (Wildman–Crippen MR) is 102 cm³/mol. The molecule has 0 aliphatic heterocycles. The molecule has 0 spiro atoms. The summed E-state index contributed by atoms with van der Waals surface area (Å²) in [5.41, 5.74) is -1.23. The minimum absolute atomic E-state index is 0.298. The van der Waals surface area contributed by atoms with Gasteiger partial charge >= 0.3 is 12.4 Å². The van der Waals surface area contributed by atoms with Gasteiger partial charge in [-0.25, -0.2) is 0 Å². The highest BCUT2D eigenvalue weighted by Crippen LogP contribution is 2.39. The van der Waals surface area contributed by atoms with E-state index in [-0.39, 0.29) is 0 Å². The van der Waals surface area contributed by atoms with E-state index in [1.165, 1.54) is 24.3 Å². The van der Waals surface area contributed by atoms with E-state index >= 15 is 0 Å². The monoisotopic (exact) mass is 455 g/mol. The summed E-state index contributed by atoms with van der Waals surface area (Å²) < 4.78 is 76.2. The van der Waals surface area contributed by atoms with Gasteiger partial charge in [0.2, 0.25) is 0 Å². The van der Waals surface area contributed by atoms with Crippen molar-refractivity contribution in [3.05, 3.63) is 83.4 Å². The first-order valence-corrected chi connectivity index (χ1v) is 9.94. The van der Waals surface area contributed by atoms with Crippen LogP contribution >= 0.6 is 23.5 Å². The van der Waals surface area contributed by atoms with Gasteiger partial charge in [0, 0.05) is 19.6 Å². The van der Waals surface area contributed by atoms with E-state index in [9.17, 15) is 31.6 Å². The van der Waals surface area contributed by atoms with Gasteiger partial charge in [0.05, 0.1) is 16.7 Å². The third kappa shape index (κ3) is 5.32. The minimum atomic E-state index is -4.43. The lowest BCUT2D eigenvalue weighted by Gasteiger charge is -2.11. The highest BCUT2D eigenvalue weighted by Gasteiger charge is 2.30. The standard InChI is InChI=1S/C21H11F6NS2/c22-20(23,24)13-4-8-15(9-5-13)29-18-2-1-3-19(17(18)12-28)30-16-10-6-14(7-11-16)21(25,26)27/h1-11H. The molecule has 30 heavy (non-hydrogen) atoms. The quantitative estimate of drug-likeness (QED) is 0.374. The van der Waals surface area contributed by atoms with Crippen molar-refractivity contribution in [1.82, 2.24) is 0 Å². The van der Waals surface area contributed by atoms with Gasteiger partial charge in [-0.15, -0.1) is 0 Å². The zero-order valence-corrected chi connectivity index (χ0v) is 16.5. The Hall–Kier alpha value is -2.57. The largest absolute Gasteiger partial charge is 0.416 e. The van der Waals surface area contributed by atoms with Gasteiger partial charge in [-0.3, -0.25) is 0 Å². The normalized spacial score (nSPS) is 11.9. The summed E-state index contributed by atoms with van der Waals surface area (Å²) >= 11 is 2.27. The van der Waals surface area contributed by atoms with Crippen molar-refractivity contribution in [2.45, 2.75) is 31.9 Å². The van der Waals surface area contributed by atoms with Crippen LogP contribution in [0, 0.1) is 11.3 Å². The van der Waals surface area contributed by atoms with Crippen LogP contribution in [0.3, 0.4) is 0 Å². The molecular formula is C21H11F6NS2. The average Bonchev–Trinajstić information content (AvgIpc) is 2.68. The zero-order valence-electron chi connectivity index (χ0n) is 14.9. The second-order valence-electron chi connectivity index (χ2n) is 5.99. The summed E-state index contributed by atoms with van der Waals surface area (Å²) in [6.07, 6.45) is -8.86. The topological polar surface area (TPSA) is 23.8 Å². The van der Waals surface area contributed by atoms with Crippen molar-refractivity contribution in [2.75, 3.05) is 0 Å². The summed E-state index contributed by atoms with van der Waals surface area (Å²) in [6, 6.07) is 16.2. The van der Waals surface area contributed by atoms with Crippen LogP contribution in [-0.2, 0) is 12.4 Å². The molecule has 0 bridgehead atoms. The zero-order chi connectivity index (χ0) is 21.9. The Balaban J connectivity index is 1.83. The summed E-state index contributed by atoms with van der Waals surface area (Å²) in [4.78, 5) is 2.12. The Morgan fingerprint density at radius 2 is 0.967 bits per heavy atom. The van der Waals surface area contributed by atoms with Crippen molar-refractivity contribution in [2.24, 2.45) is 0 Å². The first kappa shape index (κ1) is 22.1. The van der Waals surface area contributed by atoms with Crippen molar-refractivity contribution in [3.8, 4) is 6.07 Å². The molecular weight excluding hydrogens is 444 g/mol. The molecule has 0 aromatic heterocycles. The smallest absolute Gasteiger partial charge is 0.192 e. The predicted octanol–water partition coefficient (Wildman–Crippen LogP) is 7.90. The fraction of sp³-hybridized carbons (Fsp3) is 0.0952. The molecule has 0 unspecified atom stereocenters. The summed E-state index contributed by atoms with van der Waals surface area (Å²) in [5.74, 6) is 0. The number of hydrogen-bond donors (Lipinski definition) is 0. The molecule has 0 heterocycles. The van der Waals surface area contributed by atoms with Gasteiger partial charge in [-0.2, -0.15) is 31.6 Å². The lowest BCUT2D eigenvalue weighted by Crippen LogP contribution is -2.03. The number of nitrogens with zero attached hydrogens (tertiary/aromatic N) is 1. The second-order valence-corrected chi connectivity index (χ2v) is 8.22. The van der Waals surface area contributed by atoms with Crippen molar-refractivity contribution >= 4 is 23.5 Å². The number of halogens is 6. The Morgan fingerprint density at radius 1 is 0.600 bits per heavy atom. The van der Waals surface area contributed by atoms with Gasteiger partial charge in [0.25, 0.3) is 0 Å². The lowest BCUT2D eigenvalue weighted by molar-refractivity contribution is -0.138. The highest BCUT2D eigenvalue weighted by molar-refractivity contribution is 8.00. The van der Waals surface area contributed by atoms with Gasteiger partial charge < -0.3 is 0 Å². The molecule has 3 rings (SSSR count). The van der Waals surface area contributed by atoms with E-state index < -0.39 is 23.5 Å². The van der Waals surface area contributed by atoms with E-state index in [4.69, 9.17) is 0 Å². The van der Waals surface area contributed by atoms with Crippen molar-refractivity contribution in [3.63, 3.8) is 0 Å².